The molecule has 11 heteroatoms. The topological polar surface area (TPSA) is 153 Å². The van der Waals surface area contributed by atoms with Crippen LogP contribution in [0.3, 0.4) is 0 Å². The van der Waals surface area contributed by atoms with Gasteiger partial charge in [-0.15, -0.1) is 11.3 Å². The second-order valence-corrected chi connectivity index (χ2v) is 6.39. The molecule has 0 saturated heterocycles. The van der Waals surface area contributed by atoms with Crippen molar-refractivity contribution in [2.75, 3.05) is 7.11 Å². The predicted octanol–water partition coefficient (Wildman–Crippen LogP) is -0.858. The molecule has 9 nitrogen and oxygen atoms in total. The minimum Gasteiger partial charge on any atom is -0.480 e. The second-order valence-electron chi connectivity index (χ2n) is 3.79. The molecule has 1 unspecified atom stereocenters. The lowest BCUT2D eigenvalue weighted by atomic mass is 10.2. The lowest BCUT2D eigenvalue weighted by Crippen LogP contribution is -2.43. The van der Waals surface area contributed by atoms with Gasteiger partial charge in [-0.25, -0.2) is 13.2 Å². The van der Waals surface area contributed by atoms with Crippen molar-refractivity contribution in [3.05, 3.63) is 16.3 Å². The molecule has 1 atom stereocenters. The molecule has 0 aliphatic carbocycles. The van der Waals surface area contributed by atoms with Gasteiger partial charge in [0.25, 0.3) is 0 Å². The highest BCUT2D eigenvalue weighted by Crippen LogP contribution is 2.23. The molecule has 1 amide bonds. The molecule has 0 aliphatic rings. The Balaban J connectivity index is 3.11. The van der Waals surface area contributed by atoms with Crippen molar-refractivity contribution in [3.8, 4) is 0 Å². The van der Waals surface area contributed by atoms with Crippen LogP contribution in [-0.4, -0.2) is 44.5 Å². The van der Waals surface area contributed by atoms with Crippen molar-refractivity contribution in [3.63, 3.8) is 0 Å². The predicted molar refractivity (Wildman–Crippen MR) is 71.2 cm³/mol. The van der Waals surface area contributed by atoms with Crippen molar-refractivity contribution < 1.29 is 32.6 Å². The average Bonchev–Trinajstić information content (AvgIpc) is 2.86. The van der Waals surface area contributed by atoms with E-state index >= 15 is 0 Å². The Kier molecular flexibility index (Phi) is 5.41. The summed E-state index contributed by atoms with van der Waals surface area (Å²) in [5, 5.41) is 10.2. The number of rotatable bonds is 7. The van der Waals surface area contributed by atoms with E-state index in [1.54, 1.807) is 0 Å². The first-order valence-corrected chi connectivity index (χ1v) is 7.74. The number of aliphatic carboxylic acids is 1. The van der Waals surface area contributed by atoms with Gasteiger partial charge in [0.15, 0.2) is 0 Å². The third kappa shape index (κ3) is 4.24. The third-order valence-electron chi connectivity index (χ3n) is 2.29. The Morgan fingerprint density at radius 3 is 2.57 bits per heavy atom. The number of carbonyl (C=O) groups excluding carboxylic acids is 2. The number of thiophene rings is 1. The summed E-state index contributed by atoms with van der Waals surface area (Å²) < 4.78 is 30.5. The number of sulfonamides is 1. The highest BCUT2D eigenvalue weighted by molar-refractivity contribution is 7.89. The summed E-state index contributed by atoms with van der Waals surface area (Å²) in [5.41, 5.74) is 4.86. The maximum atomic E-state index is 12.1. The fourth-order valence-electron chi connectivity index (χ4n) is 1.38. The van der Waals surface area contributed by atoms with Gasteiger partial charge in [-0.1, -0.05) is 0 Å². The van der Waals surface area contributed by atoms with Gasteiger partial charge in [-0.3, -0.25) is 9.59 Å². The number of hydrogen-bond donors (Lipinski definition) is 3. The summed E-state index contributed by atoms with van der Waals surface area (Å²) in [7, 11) is -3.24. The van der Waals surface area contributed by atoms with Crippen LogP contribution in [0.5, 0.6) is 0 Å². The fraction of sp³-hybridized carbons (Fsp3) is 0.300. The number of carboxylic acids is 1. The van der Waals surface area contributed by atoms with Gasteiger partial charge in [0.1, 0.15) is 15.8 Å². The molecular formula is C10H12N2O7S2. The number of esters is 1. The van der Waals surface area contributed by atoms with Gasteiger partial charge >= 0.3 is 11.9 Å². The molecule has 0 radical (unpaired) electrons. The minimum absolute atomic E-state index is 0.201. The molecule has 0 aromatic carbocycles. The number of amides is 1. The first-order valence-electron chi connectivity index (χ1n) is 5.38. The largest absolute Gasteiger partial charge is 0.480 e. The Morgan fingerprint density at radius 1 is 1.48 bits per heavy atom. The summed E-state index contributed by atoms with van der Waals surface area (Å²) >= 11 is 0.826. The number of methoxy groups -OCH3 is 1. The van der Waals surface area contributed by atoms with Gasteiger partial charge in [-0.05, 0) is 11.4 Å². The van der Waals surface area contributed by atoms with E-state index in [4.69, 9.17) is 10.8 Å². The normalized spacial score (nSPS) is 12.6. The number of hydrogen-bond acceptors (Lipinski definition) is 7. The molecule has 0 fully saturated rings. The first-order chi connectivity index (χ1) is 9.69. The number of ether oxygens (including phenoxy) is 1. The van der Waals surface area contributed by atoms with Gasteiger partial charge in [0, 0.05) is 0 Å². The molecule has 0 bridgehead atoms. The van der Waals surface area contributed by atoms with Crippen LogP contribution < -0.4 is 10.5 Å². The van der Waals surface area contributed by atoms with Crippen molar-refractivity contribution in [2.24, 2.45) is 5.73 Å². The second kappa shape index (κ2) is 6.65. The molecule has 21 heavy (non-hydrogen) atoms. The van der Waals surface area contributed by atoms with Gasteiger partial charge in [0.05, 0.1) is 13.5 Å². The van der Waals surface area contributed by atoms with Gasteiger partial charge in [-0.2, -0.15) is 4.72 Å². The molecule has 0 spiro atoms. The molecular weight excluding hydrogens is 324 g/mol. The van der Waals surface area contributed by atoms with Crippen LogP contribution in [0.15, 0.2) is 16.3 Å². The Bertz CT molecular complexity index is 665. The summed E-state index contributed by atoms with van der Waals surface area (Å²) in [4.78, 5) is 32.5. The lowest BCUT2D eigenvalue weighted by Gasteiger charge is -2.13. The Morgan fingerprint density at radius 2 is 2.10 bits per heavy atom. The highest BCUT2D eigenvalue weighted by Gasteiger charge is 2.30. The summed E-state index contributed by atoms with van der Waals surface area (Å²) in [6.07, 6.45) is -0.716. The number of carboxylic acid groups (broad SMARTS) is 1. The fourth-order valence-corrected chi connectivity index (χ4v) is 3.91. The summed E-state index contributed by atoms with van der Waals surface area (Å²) in [6, 6.07) is -0.597. The van der Waals surface area contributed by atoms with Crippen LogP contribution in [0.2, 0.25) is 0 Å². The first kappa shape index (κ1) is 17.1. The number of nitrogens with one attached hydrogen (secondary N) is 1. The van der Waals surface area contributed by atoms with Crippen LogP contribution in [0, 0.1) is 0 Å². The lowest BCUT2D eigenvalue weighted by molar-refractivity contribution is -0.140. The zero-order valence-electron chi connectivity index (χ0n) is 10.7. The van der Waals surface area contributed by atoms with E-state index in [1.165, 1.54) is 5.38 Å². The third-order valence-corrected chi connectivity index (χ3v) is 4.83. The summed E-state index contributed by atoms with van der Waals surface area (Å²) in [5.74, 6) is -3.41. The quantitative estimate of drug-likeness (QED) is 0.548. The highest BCUT2D eigenvalue weighted by atomic mass is 32.2. The smallest absolute Gasteiger partial charge is 0.349 e. The number of carbonyl (C=O) groups is 3. The monoisotopic (exact) mass is 336 g/mol. The zero-order valence-corrected chi connectivity index (χ0v) is 12.4. The average molecular weight is 336 g/mol. The maximum absolute atomic E-state index is 12.1. The zero-order chi connectivity index (χ0) is 16.2. The molecule has 4 N–H and O–H groups in total. The molecule has 1 heterocycles. The van der Waals surface area contributed by atoms with E-state index < -0.39 is 45.2 Å². The van der Waals surface area contributed by atoms with E-state index in [-0.39, 0.29) is 4.88 Å². The SMILES string of the molecule is COC(=O)c1sccc1S(=O)(=O)NC(CC(N)=O)C(=O)O. The van der Waals surface area contributed by atoms with E-state index in [0.29, 0.717) is 0 Å². The molecule has 1 aromatic rings. The van der Waals surface area contributed by atoms with Crippen LogP contribution in [-0.2, 0) is 24.3 Å². The van der Waals surface area contributed by atoms with E-state index in [1.807, 2.05) is 4.72 Å². The molecule has 116 valence electrons. The molecule has 0 saturated carbocycles. The van der Waals surface area contributed by atoms with Crippen molar-refractivity contribution in [2.45, 2.75) is 17.4 Å². The van der Waals surface area contributed by atoms with Crippen LogP contribution in [0.1, 0.15) is 16.1 Å². The Hall–Kier alpha value is -1.98. The van der Waals surface area contributed by atoms with Crippen molar-refractivity contribution in [1.82, 2.24) is 4.72 Å². The number of primary amides is 1. The minimum atomic E-state index is -4.32. The van der Waals surface area contributed by atoms with E-state index in [2.05, 4.69) is 4.74 Å². The summed E-state index contributed by atoms with van der Waals surface area (Å²) in [6.45, 7) is 0. The van der Waals surface area contributed by atoms with Crippen LogP contribution in [0.25, 0.3) is 0 Å². The van der Waals surface area contributed by atoms with Gasteiger partial charge < -0.3 is 15.6 Å². The molecule has 0 aliphatic heterocycles. The van der Waals surface area contributed by atoms with Gasteiger partial charge in [0.2, 0.25) is 15.9 Å². The standard InChI is InChI=1S/C10H12N2O7S2/c1-19-10(16)8-6(2-3-20-8)21(17,18)12-5(9(14)15)4-7(11)13/h2-3,5,12H,4H2,1H3,(H2,11,13)(H,14,15). The van der Waals surface area contributed by atoms with Crippen molar-refractivity contribution in [1.29, 1.82) is 0 Å². The molecule has 1 rings (SSSR count). The molecule has 1 aromatic heterocycles. The van der Waals surface area contributed by atoms with Crippen LogP contribution >= 0.6 is 11.3 Å². The Labute approximate surface area is 123 Å². The van der Waals surface area contributed by atoms with Crippen molar-refractivity contribution >= 4 is 39.2 Å². The van der Waals surface area contributed by atoms with Crippen LogP contribution in [0.4, 0.5) is 0 Å². The number of nitrogens with two attached hydrogens (primary N) is 1. The maximum Gasteiger partial charge on any atom is 0.349 e. The van der Waals surface area contributed by atoms with E-state index in [9.17, 15) is 22.8 Å². The van der Waals surface area contributed by atoms with E-state index in [0.717, 1.165) is 24.5 Å².